The minimum Gasteiger partial charge on any atom is -0.396 e. The molecule has 0 radical (unpaired) electrons. The van der Waals surface area contributed by atoms with Gasteiger partial charge in [-0.2, -0.15) is 5.10 Å². The normalized spacial score (nSPS) is 13.3. The number of halogens is 1. The molecule has 1 aromatic heterocycles. The minimum atomic E-state index is -0.236. The number of aliphatic hydroxyl groups excluding tert-OH is 1. The maximum Gasteiger partial charge on any atom is 0.123 e. The molecule has 1 aromatic carbocycles. The Morgan fingerprint density at radius 1 is 1.35 bits per heavy atom. The van der Waals surface area contributed by atoms with Crippen LogP contribution in [0.25, 0.3) is 0 Å². The lowest BCUT2D eigenvalue weighted by atomic mass is 9.89. The number of benzene rings is 1. The molecule has 1 unspecified atom stereocenters. The van der Waals surface area contributed by atoms with Gasteiger partial charge in [-0.3, -0.25) is 4.68 Å². The van der Waals surface area contributed by atoms with Crippen LogP contribution in [-0.4, -0.2) is 28.0 Å². The molecule has 0 aliphatic heterocycles. The van der Waals surface area contributed by atoms with E-state index in [2.05, 4.69) is 24.3 Å². The fourth-order valence-corrected chi connectivity index (χ4v) is 2.60. The summed E-state index contributed by atoms with van der Waals surface area (Å²) in [5.74, 6) is -0.236. The van der Waals surface area contributed by atoms with E-state index in [0.717, 1.165) is 30.5 Å². The maximum atomic E-state index is 13.6. The number of nitrogens with one attached hydrogen (secondary N) is 1. The van der Waals surface area contributed by atoms with Crippen molar-refractivity contribution in [3.8, 4) is 0 Å². The van der Waals surface area contributed by atoms with Crippen molar-refractivity contribution < 1.29 is 9.50 Å². The third kappa shape index (κ3) is 5.15. The van der Waals surface area contributed by atoms with E-state index in [9.17, 15) is 9.50 Å². The Kier molecular flexibility index (Phi) is 5.91. The fourth-order valence-electron chi connectivity index (χ4n) is 2.60. The molecule has 4 nitrogen and oxygen atoms in total. The second-order valence-electron chi connectivity index (χ2n) is 6.82. The van der Waals surface area contributed by atoms with Gasteiger partial charge in [0.1, 0.15) is 5.82 Å². The lowest BCUT2D eigenvalue weighted by Gasteiger charge is -2.23. The fraction of sp³-hybridized carbons (Fsp3) is 0.500. The van der Waals surface area contributed by atoms with Gasteiger partial charge in [-0.15, -0.1) is 0 Å². The van der Waals surface area contributed by atoms with Crippen LogP contribution in [0.15, 0.2) is 36.7 Å². The first-order valence-electron chi connectivity index (χ1n) is 7.99. The summed E-state index contributed by atoms with van der Waals surface area (Å²) in [6.45, 7) is 5.08. The highest BCUT2D eigenvalue weighted by Gasteiger charge is 2.18. The van der Waals surface area contributed by atoms with Gasteiger partial charge in [0.25, 0.3) is 0 Å². The van der Waals surface area contributed by atoms with E-state index in [4.69, 9.17) is 0 Å². The summed E-state index contributed by atoms with van der Waals surface area (Å²) in [4.78, 5) is 0. The van der Waals surface area contributed by atoms with Gasteiger partial charge in [-0.05, 0) is 42.5 Å². The first kappa shape index (κ1) is 17.6. The molecule has 0 aliphatic rings. The van der Waals surface area contributed by atoms with E-state index in [1.54, 1.807) is 23.0 Å². The highest BCUT2D eigenvalue weighted by molar-refractivity contribution is 5.29. The molecule has 0 spiro atoms. The zero-order valence-corrected chi connectivity index (χ0v) is 14.1. The second kappa shape index (κ2) is 7.70. The summed E-state index contributed by atoms with van der Waals surface area (Å²) in [6, 6.07) is 6.57. The maximum absolute atomic E-state index is 13.6. The van der Waals surface area contributed by atoms with Crippen molar-refractivity contribution in [1.29, 1.82) is 0 Å². The van der Waals surface area contributed by atoms with Crippen LogP contribution < -0.4 is 5.32 Å². The third-order valence-corrected chi connectivity index (χ3v) is 4.05. The quantitative estimate of drug-likeness (QED) is 0.735. The van der Waals surface area contributed by atoms with E-state index >= 15 is 0 Å². The molecule has 0 saturated heterocycles. The zero-order valence-electron chi connectivity index (χ0n) is 14.1. The topological polar surface area (TPSA) is 50.1 Å². The van der Waals surface area contributed by atoms with Gasteiger partial charge >= 0.3 is 0 Å². The second-order valence-corrected chi connectivity index (χ2v) is 6.82. The predicted octanol–water partition coefficient (Wildman–Crippen LogP) is 3.04. The van der Waals surface area contributed by atoms with Crippen LogP contribution in [0.5, 0.6) is 0 Å². The molecule has 2 aromatic rings. The van der Waals surface area contributed by atoms with E-state index in [1.807, 2.05) is 19.3 Å². The van der Waals surface area contributed by atoms with Crippen LogP contribution in [0.4, 0.5) is 4.39 Å². The first-order valence-corrected chi connectivity index (χ1v) is 7.99. The SMILES string of the molecule is Cn1cc(C(NCCCC(C)(C)CO)c2cccc(F)c2)cn1. The Balaban J connectivity index is 2.06. The van der Waals surface area contributed by atoms with Crippen LogP contribution in [0.3, 0.4) is 0 Å². The Labute approximate surface area is 137 Å². The molecular formula is C18H26FN3O. The van der Waals surface area contributed by atoms with Crippen LogP contribution in [-0.2, 0) is 7.05 Å². The van der Waals surface area contributed by atoms with Crippen molar-refractivity contribution in [2.24, 2.45) is 12.5 Å². The molecule has 0 aliphatic carbocycles. The van der Waals surface area contributed by atoms with E-state index in [-0.39, 0.29) is 23.9 Å². The first-order chi connectivity index (χ1) is 10.9. The van der Waals surface area contributed by atoms with E-state index in [1.165, 1.54) is 6.07 Å². The lowest BCUT2D eigenvalue weighted by Crippen LogP contribution is -2.25. The molecule has 0 bridgehead atoms. The summed E-state index contributed by atoms with van der Waals surface area (Å²) in [5.41, 5.74) is 1.84. The largest absolute Gasteiger partial charge is 0.396 e. The highest BCUT2D eigenvalue weighted by atomic mass is 19.1. The predicted molar refractivity (Wildman–Crippen MR) is 89.6 cm³/mol. The molecule has 23 heavy (non-hydrogen) atoms. The van der Waals surface area contributed by atoms with Gasteiger partial charge < -0.3 is 10.4 Å². The van der Waals surface area contributed by atoms with Gasteiger partial charge in [0.05, 0.1) is 12.2 Å². The van der Waals surface area contributed by atoms with Crippen molar-refractivity contribution in [2.45, 2.75) is 32.7 Å². The zero-order chi connectivity index (χ0) is 16.9. The number of aromatic nitrogens is 2. The Bertz CT molecular complexity index is 624. The van der Waals surface area contributed by atoms with Gasteiger partial charge in [-0.1, -0.05) is 26.0 Å². The van der Waals surface area contributed by atoms with Crippen molar-refractivity contribution in [3.05, 3.63) is 53.6 Å². The summed E-state index contributed by atoms with van der Waals surface area (Å²) in [5, 5.41) is 17.0. The highest BCUT2D eigenvalue weighted by Crippen LogP contribution is 2.24. The van der Waals surface area contributed by atoms with Crippen LogP contribution in [0, 0.1) is 11.2 Å². The van der Waals surface area contributed by atoms with Crippen LogP contribution in [0.1, 0.15) is 43.9 Å². The summed E-state index contributed by atoms with van der Waals surface area (Å²) in [6.07, 6.45) is 5.62. The van der Waals surface area contributed by atoms with Crippen molar-refractivity contribution in [2.75, 3.05) is 13.2 Å². The molecule has 0 saturated carbocycles. The number of rotatable bonds is 8. The summed E-state index contributed by atoms with van der Waals surface area (Å²) < 4.78 is 15.3. The molecular weight excluding hydrogens is 293 g/mol. The molecule has 0 amide bonds. The number of nitrogens with zero attached hydrogens (tertiary/aromatic N) is 2. The number of hydrogen-bond acceptors (Lipinski definition) is 3. The van der Waals surface area contributed by atoms with E-state index in [0.29, 0.717) is 0 Å². The lowest BCUT2D eigenvalue weighted by molar-refractivity contribution is 0.147. The molecule has 2 rings (SSSR count). The Morgan fingerprint density at radius 3 is 2.74 bits per heavy atom. The average molecular weight is 319 g/mol. The Morgan fingerprint density at radius 2 is 2.13 bits per heavy atom. The monoisotopic (exact) mass is 319 g/mol. The third-order valence-electron chi connectivity index (χ3n) is 4.05. The number of hydrogen-bond donors (Lipinski definition) is 2. The van der Waals surface area contributed by atoms with Crippen molar-refractivity contribution >= 4 is 0 Å². The van der Waals surface area contributed by atoms with Gasteiger partial charge in [0.2, 0.25) is 0 Å². The standard InChI is InChI=1S/C18H26FN3O/c1-18(2,13-23)8-5-9-20-17(15-11-21-22(3)12-15)14-6-4-7-16(19)10-14/h4,6-7,10-12,17,20,23H,5,8-9,13H2,1-3H3. The molecule has 126 valence electrons. The summed E-state index contributed by atoms with van der Waals surface area (Å²) in [7, 11) is 1.87. The van der Waals surface area contributed by atoms with Crippen LogP contribution >= 0.6 is 0 Å². The van der Waals surface area contributed by atoms with Gasteiger partial charge in [0.15, 0.2) is 0 Å². The van der Waals surface area contributed by atoms with Crippen molar-refractivity contribution in [1.82, 2.24) is 15.1 Å². The molecule has 1 heterocycles. The molecule has 1 atom stereocenters. The van der Waals surface area contributed by atoms with E-state index < -0.39 is 0 Å². The number of aliphatic hydroxyl groups is 1. The smallest absolute Gasteiger partial charge is 0.123 e. The molecule has 5 heteroatoms. The Hall–Kier alpha value is -1.72. The molecule has 0 fully saturated rings. The van der Waals surface area contributed by atoms with Crippen molar-refractivity contribution in [3.63, 3.8) is 0 Å². The summed E-state index contributed by atoms with van der Waals surface area (Å²) >= 11 is 0. The minimum absolute atomic E-state index is 0.0651. The molecule has 2 N–H and O–H groups in total. The van der Waals surface area contributed by atoms with Gasteiger partial charge in [0, 0.05) is 25.4 Å². The average Bonchev–Trinajstić information content (AvgIpc) is 2.93. The van der Waals surface area contributed by atoms with Crippen LogP contribution in [0.2, 0.25) is 0 Å². The van der Waals surface area contributed by atoms with Gasteiger partial charge in [-0.25, -0.2) is 4.39 Å². The number of aryl methyl sites for hydroxylation is 1.